The Bertz CT molecular complexity index is 140. The molecule has 10 heavy (non-hydrogen) atoms. The van der Waals surface area contributed by atoms with Crippen molar-refractivity contribution in [2.45, 2.75) is 12.5 Å². The Morgan fingerprint density at radius 3 is 2.90 bits per heavy atom. The predicted octanol–water partition coefficient (Wildman–Crippen LogP) is 0.507. The summed E-state index contributed by atoms with van der Waals surface area (Å²) < 4.78 is 12.9. The van der Waals surface area contributed by atoms with Crippen LogP contribution in [0.4, 0.5) is 4.48 Å². The molecule has 2 saturated heterocycles. The van der Waals surface area contributed by atoms with Gasteiger partial charge in [-0.15, -0.1) is 9.60 Å². The Labute approximate surface area is 60.5 Å². The van der Waals surface area contributed by atoms with Crippen molar-refractivity contribution in [2.75, 3.05) is 26.7 Å². The van der Waals surface area contributed by atoms with Gasteiger partial charge in [0.25, 0.3) is 0 Å². The van der Waals surface area contributed by atoms with E-state index in [1.165, 1.54) is 0 Å². The Morgan fingerprint density at radius 1 is 1.40 bits per heavy atom. The SMILES string of the molecule is CN1CC2CCN(F)C2C1. The Morgan fingerprint density at radius 2 is 2.20 bits per heavy atom. The molecule has 2 nitrogen and oxygen atoms in total. The molecule has 2 rings (SSSR count). The molecule has 2 fully saturated rings. The second kappa shape index (κ2) is 2.17. The molecule has 0 aromatic rings. The second-order valence-corrected chi connectivity index (χ2v) is 3.46. The fraction of sp³-hybridized carbons (Fsp3) is 1.00. The zero-order chi connectivity index (χ0) is 7.14. The van der Waals surface area contributed by atoms with E-state index < -0.39 is 0 Å². The summed E-state index contributed by atoms with van der Waals surface area (Å²) in [5.74, 6) is 0.606. The first-order valence-corrected chi connectivity index (χ1v) is 3.88. The highest BCUT2D eigenvalue weighted by atomic mass is 19.2. The van der Waals surface area contributed by atoms with Crippen LogP contribution in [0.3, 0.4) is 0 Å². The van der Waals surface area contributed by atoms with Crippen LogP contribution in [0.1, 0.15) is 6.42 Å². The molecule has 0 amide bonds. The highest BCUT2D eigenvalue weighted by Crippen LogP contribution is 2.30. The van der Waals surface area contributed by atoms with E-state index in [0.717, 1.165) is 24.6 Å². The van der Waals surface area contributed by atoms with Crippen LogP contribution in [0.25, 0.3) is 0 Å². The van der Waals surface area contributed by atoms with Crippen molar-refractivity contribution in [3.8, 4) is 0 Å². The van der Waals surface area contributed by atoms with Gasteiger partial charge in [0.15, 0.2) is 0 Å². The zero-order valence-corrected chi connectivity index (χ0v) is 6.26. The molecule has 0 spiro atoms. The largest absolute Gasteiger partial charge is 0.304 e. The van der Waals surface area contributed by atoms with Crippen molar-refractivity contribution in [1.29, 1.82) is 0 Å². The van der Waals surface area contributed by atoms with Gasteiger partial charge in [0.2, 0.25) is 0 Å². The highest BCUT2D eigenvalue weighted by Gasteiger charge is 2.40. The van der Waals surface area contributed by atoms with Crippen molar-refractivity contribution in [3.63, 3.8) is 0 Å². The van der Waals surface area contributed by atoms with Crippen LogP contribution in [0.15, 0.2) is 0 Å². The van der Waals surface area contributed by atoms with E-state index in [4.69, 9.17) is 0 Å². The van der Waals surface area contributed by atoms with Gasteiger partial charge in [-0.3, -0.25) is 0 Å². The van der Waals surface area contributed by atoms with Gasteiger partial charge in [-0.05, 0) is 19.4 Å². The summed E-state index contributed by atoms with van der Waals surface area (Å²) in [7, 11) is 2.06. The summed E-state index contributed by atoms with van der Waals surface area (Å²) in [5.41, 5.74) is 0. The molecule has 0 radical (unpaired) electrons. The zero-order valence-electron chi connectivity index (χ0n) is 6.26. The van der Waals surface area contributed by atoms with Crippen LogP contribution >= 0.6 is 0 Å². The monoisotopic (exact) mass is 144 g/mol. The molecule has 2 atom stereocenters. The number of hydrogen-bond acceptors (Lipinski definition) is 2. The average molecular weight is 144 g/mol. The molecule has 2 aliphatic heterocycles. The first kappa shape index (κ1) is 6.55. The van der Waals surface area contributed by atoms with Crippen LogP contribution in [0.2, 0.25) is 0 Å². The lowest BCUT2D eigenvalue weighted by Crippen LogP contribution is -2.27. The molecule has 0 aromatic heterocycles. The maximum atomic E-state index is 12.9. The first-order valence-electron chi connectivity index (χ1n) is 3.88. The summed E-state index contributed by atoms with van der Waals surface area (Å²) in [6, 6.07) is 0.213. The lowest BCUT2D eigenvalue weighted by atomic mass is 10.1. The molecular weight excluding hydrogens is 131 g/mol. The molecule has 58 valence electrons. The topological polar surface area (TPSA) is 6.48 Å². The lowest BCUT2D eigenvalue weighted by molar-refractivity contribution is 0.00806. The first-order chi connectivity index (χ1) is 4.77. The minimum absolute atomic E-state index is 0.213. The van der Waals surface area contributed by atoms with E-state index in [0.29, 0.717) is 12.5 Å². The van der Waals surface area contributed by atoms with Gasteiger partial charge in [0, 0.05) is 19.6 Å². The molecule has 0 saturated carbocycles. The molecule has 2 aliphatic rings. The van der Waals surface area contributed by atoms with E-state index >= 15 is 0 Å². The highest BCUT2D eigenvalue weighted by molar-refractivity contribution is 4.91. The summed E-state index contributed by atoms with van der Waals surface area (Å²) >= 11 is 0. The molecular formula is C7H13FN2. The van der Waals surface area contributed by atoms with Gasteiger partial charge < -0.3 is 4.90 Å². The molecule has 2 heterocycles. The Hall–Kier alpha value is -0.150. The molecule has 0 N–H and O–H groups in total. The van der Waals surface area contributed by atoms with Crippen LogP contribution in [-0.4, -0.2) is 42.7 Å². The van der Waals surface area contributed by atoms with Gasteiger partial charge in [0.05, 0.1) is 6.04 Å². The number of hydrogen-bond donors (Lipinski definition) is 0. The minimum Gasteiger partial charge on any atom is -0.304 e. The molecule has 0 aliphatic carbocycles. The van der Waals surface area contributed by atoms with E-state index in [1.807, 2.05) is 0 Å². The van der Waals surface area contributed by atoms with Crippen molar-refractivity contribution < 1.29 is 4.48 Å². The number of nitrogens with zero attached hydrogens (tertiary/aromatic N) is 2. The van der Waals surface area contributed by atoms with Crippen molar-refractivity contribution >= 4 is 0 Å². The van der Waals surface area contributed by atoms with Crippen LogP contribution < -0.4 is 0 Å². The molecule has 3 heteroatoms. The van der Waals surface area contributed by atoms with E-state index in [9.17, 15) is 4.48 Å². The smallest absolute Gasteiger partial charge is 0.0570 e. The number of rotatable bonds is 0. The summed E-state index contributed by atoms with van der Waals surface area (Å²) in [5, 5.41) is 1.01. The minimum atomic E-state index is 0.213. The second-order valence-electron chi connectivity index (χ2n) is 3.46. The third-order valence-corrected chi connectivity index (χ3v) is 2.66. The quantitative estimate of drug-likeness (QED) is 0.457. The van der Waals surface area contributed by atoms with Crippen molar-refractivity contribution in [3.05, 3.63) is 0 Å². The maximum absolute atomic E-state index is 12.9. The third-order valence-electron chi connectivity index (χ3n) is 2.66. The molecule has 0 aromatic carbocycles. The van der Waals surface area contributed by atoms with E-state index in [2.05, 4.69) is 11.9 Å². The van der Waals surface area contributed by atoms with Crippen LogP contribution in [0.5, 0.6) is 0 Å². The van der Waals surface area contributed by atoms with Gasteiger partial charge in [0.1, 0.15) is 0 Å². The summed E-state index contributed by atoms with van der Waals surface area (Å²) in [4.78, 5) is 2.21. The maximum Gasteiger partial charge on any atom is 0.0570 e. The van der Waals surface area contributed by atoms with E-state index in [1.54, 1.807) is 0 Å². The van der Waals surface area contributed by atoms with Gasteiger partial charge in [-0.25, -0.2) is 0 Å². The van der Waals surface area contributed by atoms with Crippen LogP contribution in [0, 0.1) is 5.92 Å². The molecule has 0 bridgehead atoms. The van der Waals surface area contributed by atoms with Gasteiger partial charge in [-0.2, -0.15) is 0 Å². The van der Waals surface area contributed by atoms with Crippen molar-refractivity contribution in [2.24, 2.45) is 5.92 Å². The Kier molecular flexibility index (Phi) is 1.42. The van der Waals surface area contributed by atoms with Crippen LogP contribution in [-0.2, 0) is 0 Å². The number of likely N-dealkylation sites (tertiary alicyclic amines) is 1. The van der Waals surface area contributed by atoms with Gasteiger partial charge >= 0.3 is 0 Å². The average Bonchev–Trinajstić information content (AvgIpc) is 2.35. The third kappa shape index (κ3) is 0.847. The summed E-state index contributed by atoms with van der Waals surface area (Å²) in [6.07, 6.45) is 1.05. The lowest BCUT2D eigenvalue weighted by Gasteiger charge is -2.12. The molecule has 2 unspecified atom stereocenters. The predicted molar refractivity (Wildman–Crippen MR) is 37.2 cm³/mol. The fourth-order valence-corrected chi connectivity index (χ4v) is 2.12. The Balaban J connectivity index is 2.05. The number of fused-ring (bicyclic) bond motifs is 1. The van der Waals surface area contributed by atoms with Gasteiger partial charge in [-0.1, -0.05) is 0 Å². The number of likely N-dealkylation sites (N-methyl/N-ethyl adjacent to an activating group) is 1. The fourth-order valence-electron chi connectivity index (χ4n) is 2.12. The standard InChI is InChI=1S/C7H13FN2/c1-9-4-6-2-3-10(8)7(6)5-9/h6-7H,2-5H2,1H3. The van der Waals surface area contributed by atoms with Crippen molar-refractivity contribution in [1.82, 2.24) is 10.0 Å². The van der Waals surface area contributed by atoms with E-state index in [-0.39, 0.29) is 6.04 Å². The summed E-state index contributed by atoms with van der Waals surface area (Å²) in [6.45, 7) is 2.66. The number of halogens is 1. The normalized spacial score (nSPS) is 42.6.